The number of amides is 1. The molecule has 2 aliphatic rings. The average molecular weight is 407 g/mol. The van der Waals surface area contributed by atoms with Gasteiger partial charge in [-0.2, -0.15) is 0 Å². The summed E-state index contributed by atoms with van der Waals surface area (Å²) >= 11 is 2.93. The maximum absolute atomic E-state index is 12.8. The molecule has 0 radical (unpaired) electrons. The Morgan fingerprint density at radius 1 is 1.33 bits per heavy atom. The molecule has 1 amide bonds. The van der Waals surface area contributed by atoms with Crippen molar-refractivity contribution in [2.24, 2.45) is 0 Å². The van der Waals surface area contributed by atoms with Crippen molar-refractivity contribution in [1.82, 2.24) is 15.1 Å². The van der Waals surface area contributed by atoms with Crippen LogP contribution < -0.4 is 14.8 Å². The number of hydrogen-bond acceptors (Lipinski definition) is 8. The SMILES string of the molecule is CCNc1nnc(SCC(=O)N2CCCC2c2ccc3c(c2)OCCO3)s1. The first-order valence-corrected chi connectivity index (χ1v) is 10.9. The molecule has 0 bridgehead atoms. The smallest absolute Gasteiger partial charge is 0.233 e. The molecule has 1 fully saturated rings. The van der Waals surface area contributed by atoms with Crippen LogP contribution in [0.5, 0.6) is 11.5 Å². The van der Waals surface area contributed by atoms with Gasteiger partial charge >= 0.3 is 0 Å². The quantitative estimate of drug-likeness (QED) is 0.738. The molecule has 4 rings (SSSR count). The van der Waals surface area contributed by atoms with Gasteiger partial charge in [0.25, 0.3) is 0 Å². The molecule has 144 valence electrons. The van der Waals surface area contributed by atoms with Crippen molar-refractivity contribution in [2.45, 2.75) is 30.1 Å². The Morgan fingerprint density at radius 2 is 2.19 bits per heavy atom. The van der Waals surface area contributed by atoms with Gasteiger partial charge in [-0.15, -0.1) is 10.2 Å². The van der Waals surface area contributed by atoms with Crippen molar-refractivity contribution < 1.29 is 14.3 Å². The van der Waals surface area contributed by atoms with Crippen LogP contribution in [-0.2, 0) is 4.79 Å². The largest absolute Gasteiger partial charge is 0.486 e. The van der Waals surface area contributed by atoms with Crippen molar-refractivity contribution >= 4 is 34.1 Å². The molecular weight excluding hydrogens is 384 g/mol. The number of ether oxygens (including phenoxy) is 2. The molecular formula is C18H22N4O3S2. The molecule has 1 unspecified atom stereocenters. The lowest BCUT2D eigenvalue weighted by Gasteiger charge is -2.26. The minimum absolute atomic E-state index is 0.0978. The predicted octanol–water partition coefficient (Wildman–Crippen LogP) is 3.20. The van der Waals surface area contributed by atoms with Gasteiger partial charge in [-0.3, -0.25) is 4.79 Å². The van der Waals surface area contributed by atoms with Gasteiger partial charge in [-0.1, -0.05) is 29.2 Å². The highest BCUT2D eigenvalue weighted by Crippen LogP contribution is 2.38. The summed E-state index contributed by atoms with van der Waals surface area (Å²) in [4.78, 5) is 14.8. The Morgan fingerprint density at radius 3 is 3.04 bits per heavy atom. The van der Waals surface area contributed by atoms with E-state index in [4.69, 9.17) is 9.47 Å². The number of carbonyl (C=O) groups is 1. The summed E-state index contributed by atoms with van der Waals surface area (Å²) in [5.41, 5.74) is 1.11. The first kappa shape index (κ1) is 18.4. The molecule has 1 saturated heterocycles. The molecule has 0 spiro atoms. The fourth-order valence-corrected chi connectivity index (χ4v) is 5.08. The third-order valence-corrected chi connectivity index (χ3v) is 6.58. The van der Waals surface area contributed by atoms with Crippen molar-refractivity contribution in [3.63, 3.8) is 0 Å². The number of rotatable bonds is 6. The molecule has 7 nitrogen and oxygen atoms in total. The summed E-state index contributed by atoms with van der Waals surface area (Å²) in [6, 6.07) is 6.11. The second-order valence-corrected chi connectivity index (χ2v) is 8.54. The van der Waals surface area contributed by atoms with E-state index in [1.807, 2.05) is 30.0 Å². The van der Waals surface area contributed by atoms with Crippen molar-refractivity contribution in [3.05, 3.63) is 23.8 Å². The molecule has 2 aromatic rings. The van der Waals surface area contributed by atoms with Gasteiger partial charge in [0.05, 0.1) is 11.8 Å². The average Bonchev–Trinajstić information content (AvgIpc) is 3.36. The third-order valence-electron chi connectivity index (χ3n) is 4.58. The van der Waals surface area contributed by atoms with E-state index in [0.29, 0.717) is 19.0 Å². The lowest BCUT2D eigenvalue weighted by Crippen LogP contribution is -2.32. The van der Waals surface area contributed by atoms with E-state index in [1.165, 1.54) is 23.1 Å². The van der Waals surface area contributed by atoms with Gasteiger partial charge in [0.1, 0.15) is 13.2 Å². The maximum Gasteiger partial charge on any atom is 0.233 e. The van der Waals surface area contributed by atoms with Crippen LogP contribution in [0.15, 0.2) is 22.5 Å². The number of likely N-dealkylation sites (tertiary alicyclic amines) is 1. The first-order chi connectivity index (χ1) is 13.2. The Kier molecular flexibility index (Phi) is 5.68. The number of anilines is 1. The Hall–Kier alpha value is -2.00. The molecule has 1 atom stereocenters. The van der Waals surface area contributed by atoms with E-state index >= 15 is 0 Å². The second kappa shape index (κ2) is 8.35. The number of nitrogens with one attached hydrogen (secondary N) is 1. The molecule has 3 heterocycles. The highest BCUT2D eigenvalue weighted by Gasteiger charge is 2.31. The first-order valence-electron chi connectivity index (χ1n) is 9.14. The lowest BCUT2D eigenvalue weighted by molar-refractivity contribution is -0.129. The Balaban J connectivity index is 1.40. The Labute approximate surface area is 166 Å². The van der Waals surface area contributed by atoms with Crippen LogP contribution in [-0.4, -0.2) is 53.1 Å². The third kappa shape index (κ3) is 4.14. The van der Waals surface area contributed by atoms with E-state index in [9.17, 15) is 4.79 Å². The minimum Gasteiger partial charge on any atom is -0.486 e. The van der Waals surface area contributed by atoms with Gasteiger partial charge in [0.15, 0.2) is 15.8 Å². The van der Waals surface area contributed by atoms with Crippen LogP contribution in [0.3, 0.4) is 0 Å². The van der Waals surface area contributed by atoms with E-state index in [1.54, 1.807) is 0 Å². The standard InChI is InChI=1S/C18H22N4O3S2/c1-2-19-17-20-21-18(27-17)26-11-16(23)22-7-3-4-13(22)12-5-6-14-15(10-12)25-9-8-24-14/h5-6,10,13H,2-4,7-9,11H2,1H3,(H,19,20). The maximum atomic E-state index is 12.8. The van der Waals surface area contributed by atoms with E-state index < -0.39 is 0 Å². The molecule has 1 N–H and O–H groups in total. The van der Waals surface area contributed by atoms with Crippen LogP contribution in [0.1, 0.15) is 31.4 Å². The zero-order chi connectivity index (χ0) is 18.6. The number of fused-ring (bicyclic) bond motifs is 1. The summed E-state index contributed by atoms with van der Waals surface area (Å²) < 4.78 is 12.1. The number of benzene rings is 1. The van der Waals surface area contributed by atoms with Crippen LogP contribution in [0.25, 0.3) is 0 Å². The van der Waals surface area contributed by atoms with Crippen LogP contribution >= 0.6 is 23.1 Å². The monoisotopic (exact) mass is 406 g/mol. The highest BCUT2D eigenvalue weighted by atomic mass is 32.2. The van der Waals surface area contributed by atoms with Crippen LogP contribution in [0, 0.1) is 0 Å². The van der Waals surface area contributed by atoms with Crippen molar-refractivity contribution in [2.75, 3.05) is 37.4 Å². The molecule has 0 saturated carbocycles. The van der Waals surface area contributed by atoms with E-state index in [2.05, 4.69) is 15.5 Å². The fourth-order valence-electron chi connectivity index (χ4n) is 3.38. The number of hydrogen-bond donors (Lipinski definition) is 1. The summed E-state index contributed by atoms with van der Waals surface area (Å²) in [6.07, 6.45) is 1.98. The molecule has 0 aliphatic carbocycles. The number of aromatic nitrogens is 2. The van der Waals surface area contributed by atoms with Gasteiger partial charge in [-0.25, -0.2) is 0 Å². The molecule has 1 aromatic carbocycles. The van der Waals surface area contributed by atoms with Crippen molar-refractivity contribution in [1.29, 1.82) is 0 Å². The topological polar surface area (TPSA) is 76.6 Å². The molecule has 2 aliphatic heterocycles. The molecule has 1 aromatic heterocycles. The van der Waals surface area contributed by atoms with Crippen LogP contribution in [0.4, 0.5) is 5.13 Å². The number of carbonyl (C=O) groups excluding carboxylic acids is 1. The summed E-state index contributed by atoms with van der Waals surface area (Å²) in [5.74, 6) is 2.07. The fraction of sp³-hybridized carbons (Fsp3) is 0.500. The van der Waals surface area contributed by atoms with Gasteiger partial charge in [-0.05, 0) is 37.5 Å². The Bertz CT molecular complexity index is 814. The van der Waals surface area contributed by atoms with E-state index in [-0.39, 0.29) is 11.9 Å². The minimum atomic E-state index is 0.0978. The summed E-state index contributed by atoms with van der Waals surface area (Å²) in [6.45, 7) is 4.76. The van der Waals surface area contributed by atoms with E-state index in [0.717, 1.165) is 52.5 Å². The molecule has 9 heteroatoms. The van der Waals surface area contributed by atoms with Gasteiger partial charge in [0.2, 0.25) is 11.0 Å². The molecule has 27 heavy (non-hydrogen) atoms. The lowest BCUT2D eigenvalue weighted by atomic mass is 10.0. The van der Waals surface area contributed by atoms with Gasteiger partial charge in [0, 0.05) is 13.1 Å². The normalized spacial score (nSPS) is 18.6. The summed E-state index contributed by atoms with van der Waals surface area (Å²) in [5, 5.41) is 12.1. The van der Waals surface area contributed by atoms with Crippen LogP contribution in [0.2, 0.25) is 0 Å². The number of nitrogens with zero attached hydrogens (tertiary/aromatic N) is 3. The highest BCUT2D eigenvalue weighted by molar-refractivity contribution is 8.01. The second-order valence-electron chi connectivity index (χ2n) is 6.34. The summed E-state index contributed by atoms with van der Waals surface area (Å²) in [7, 11) is 0. The van der Waals surface area contributed by atoms with Gasteiger partial charge < -0.3 is 19.7 Å². The predicted molar refractivity (Wildman–Crippen MR) is 106 cm³/mol. The zero-order valence-electron chi connectivity index (χ0n) is 15.1. The number of thioether (sulfide) groups is 1. The van der Waals surface area contributed by atoms with Crippen molar-refractivity contribution in [3.8, 4) is 11.5 Å². The zero-order valence-corrected chi connectivity index (χ0v) is 16.8.